The van der Waals surface area contributed by atoms with Crippen LogP contribution < -0.4 is 10.5 Å². The SMILES string of the molecule is COc1c(F)cc(Cl)c(C)c1-c1cnoc1N. The predicted molar refractivity (Wildman–Crippen MR) is 62.6 cm³/mol. The summed E-state index contributed by atoms with van der Waals surface area (Å²) in [5, 5.41) is 3.84. The van der Waals surface area contributed by atoms with Crippen molar-refractivity contribution >= 4 is 17.5 Å². The number of aromatic nitrogens is 1. The summed E-state index contributed by atoms with van der Waals surface area (Å²) < 4.78 is 23.5. The molecule has 0 radical (unpaired) electrons. The van der Waals surface area contributed by atoms with Gasteiger partial charge in [-0.1, -0.05) is 16.8 Å². The molecule has 0 fully saturated rings. The standard InChI is InChI=1S/C11H10ClFN2O2/c1-5-7(12)3-8(13)10(16-2)9(5)6-4-15-17-11(6)14/h3-4H,14H2,1-2H3. The van der Waals surface area contributed by atoms with Crippen LogP contribution in [0.5, 0.6) is 5.75 Å². The number of ether oxygens (including phenoxy) is 1. The minimum Gasteiger partial charge on any atom is -0.493 e. The molecule has 2 aromatic rings. The molecule has 0 unspecified atom stereocenters. The van der Waals surface area contributed by atoms with Gasteiger partial charge in [0.25, 0.3) is 0 Å². The zero-order chi connectivity index (χ0) is 12.6. The highest BCUT2D eigenvalue weighted by molar-refractivity contribution is 6.31. The van der Waals surface area contributed by atoms with Crippen molar-refractivity contribution in [2.45, 2.75) is 6.92 Å². The lowest BCUT2D eigenvalue weighted by Gasteiger charge is -2.12. The molecule has 0 aliphatic rings. The number of nitrogen functional groups attached to an aromatic ring is 1. The summed E-state index contributed by atoms with van der Waals surface area (Å²) in [5.74, 6) is -0.395. The molecule has 0 saturated heterocycles. The number of hydrogen-bond donors (Lipinski definition) is 1. The van der Waals surface area contributed by atoms with E-state index in [9.17, 15) is 4.39 Å². The lowest BCUT2D eigenvalue weighted by Crippen LogP contribution is -1.97. The highest BCUT2D eigenvalue weighted by atomic mass is 35.5. The minimum absolute atomic E-state index is 0.0711. The molecule has 17 heavy (non-hydrogen) atoms. The molecule has 0 saturated carbocycles. The van der Waals surface area contributed by atoms with E-state index in [4.69, 9.17) is 26.6 Å². The Morgan fingerprint density at radius 3 is 2.76 bits per heavy atom. The van der Waals surface area contributed by atoms with Gasteiger partial charge in [-0.3, -0.25) is 0 Å². The van der Waals surface area contributed by atoms with Gasteiger partial charge in [0, 0.05) is 10.6 Å². The molecule has 0 aliphatic heterocycles. The Balaban J connectivity index is 2.80. The van der Waals surface area contributed by atoms with Crippen LogP contribution in [0.1, 0.15) is 5.56 Å². The highest BCUT2D eigenvalue weighted by Gasteiger charge is 2.20. The van der Waals surface area contributed by atoms with Crippen molar-refractivity contribution in [1.29, 1.82) is 0 Å². The van der Waals surface area contributed by atoms with Gasteiger partial charge in [0.15, 0.2) is 11.6 Å². The van der Waals surface area contributed by atoms with Crippen molar-refractivity contribution in [1.82, 2.24) is 5.16 Å². The zero-order valence-electron chi connectivity index (χ0n) is 9.25. The average molecular weight is 257 g/mol. The van der Waals surface area contributed by atoms with Crippen LogP contribution in [-0.4, -0.2) is 12.3 Å². The van der Waals surface area contributed by atoms with Crippen molar-refractivity contribution in [3.05, 3.63) is 28.7 Å². The molecule has 2 rings (SSSR count). The van der Waals surface area contributed by atoms with Crippen LogP contribution in [0.4, 0.5) is 10.3 Å². The van der Waals surface area contributed by atoms with E-state index >= 15 is 0 Å². The van der Waals surface area contributed by atoms with Gasteiger partial charge in [-0.05, 0) is 18.6 Å². The normalized spacial score (nSPS) is 10.6. The fourth-order valence-corrected chi connectivity index (χ4v) is 1.84. The van der Waals surface area contributed by atoms with Gasteiger partial charge in [-0.2, -0.15) is 0 Å². The molecule has 6 heteroatoms. The number of methoxy groups -OCH3 is 1. The predicted octanol–water partition coefficient (Wildman–Crippen LogP) is 3.03. The zero-order valence-corrected chi connectivity index (χ0v) is 10.0. The lowest BCUT2D eigenvalue weighted by atomic mass is 10.0. The number of nitrogens with zero attached hydrogens (tertiary/aromatic N) is 1. The monoisotopic (exact) mass is 256 g/mol. The summed E-state index contributed by atoms with van der Waals surface area (Å²) in [6.07, 6.45) is 1.40. The first-order chi connectivity index (χ1) is 8.06. The van der Waals surface area contributed by atoms with Crippen LogP contribution >= 0.6 is 11.6 Å². The Labute approximate surface area is 102 Å². The molecular formula is C11H10ClFN2O2. The summed E-state index contributed by atoms with van der Waals surface area (Å²) in [6.45, 7) is 1.74. The quantitative estimate of drug-likeness (QED) is 0.897. The third-order valence-electron chi connectivity index (χ3n) is 2.50. The van der Waals surface area contributed by atoms with Gasteiger partial charge in [0.05, 0.1) is 18.9 Å². The maximum absolute atomic E-state index is 13.7. The Kier molecular flexibility index (Phi) is 2.93. The summed E-state index contributed by atoms with van der Waals surface area (Å²) in [5.41, 5.74) is 7.18. The number of nitrogens with two attached hydrogens (primary N) is 1. The third-order valence-corrected chi connectivity index (χ3v) is 2.90. The second-order valence-electron chi connectivity index (χ2n) is 3.48. The molecule has 0 bridgehead atoms. The fourth-order valence-electron chi connectivity index (χ4n) is 1.65. The summed E-state index contributed by atoms with van der Waals surface area (Å²) in [7, 11) is 1.37. The highest BCUT2D eigenvalue weighted by Crippen LogP contribution is 2.41. The molecule has 0 spiro atoms. The van der Waals surface area contributed by atoms with Gasteiger partial charge in [0.1, 0.15) is 0 Å². The van der Waals surface area contributed by atoms with Crippen LogP contribution in [0.25, 0.3) is 11.1 Å². The first-order valence-electron chi connectivity index (χ1n) is 4.79. The summed E-state index contributed by atoms with van der Waals surface area (Å²) in [6, 6.07) is 1.20. The van der Waals surface area contributed by atoms with Crippen molar-refractivity contribution < 1.29 is 13.7 Å². The van der Waals surface area contributed by atoms with E-state index in [1.165, 1.54) is 19.4 Å². The number of benzene rings is 1. The van der Waals surface area contributed by atoms with Gasteiger partial charge in [-0.25, -0.2) is 4.39 Å². The topological polar surface area (TPSA) is 61.3 Å². The maximum atomic E-state index is 13.7. The van der Waals surface area contributed by atoms with E-state index in [1.807, 2.05) is 0 Å². The van der Waals surface area contributed by atoms with Crippen LogP contribution in [0.3, 0.4) is 0 Å². The number of rotatable bonds is 2. The van der Waals surface area contributed by atoms with Crippen molar-refractivity contribution in [2.24, 2.45) is 0 Å². The number of anilines is 1. The van der Waals surface area contributed by atoms with Gasteiger partial charge >= 0.3 is 0 Å². The van der Waals surface area contributed by atoms with Gasteiger partial charge < -0.3 is 15.0 Å². The minimum atomic E-state index is -0.557. The fraction of sp³-hybridized carbons (Fsp3) is 0.182. The Morgan fingerprint density at radius 2 is 2.24 bits per heavy atom. The van der Waals surface area contributed by atoms with E-state index in [0.717, 1.165) is 0 Å². The molecular weight excluding hydrogens is 247 g/mol. The van der Waals surface area contributed by atoms with E-state index in [-0.39, 0.29) is 11.6 Å². The van der Waals surface area contributed by atoms with Crippen LogP contribution in [0.2, 0.25) is 5.02 Å². The molecule has 90 valence electrons. The Morgan fingerprint density at radius 1 is 1.53 bits per heavy atom. The molecule has 2 N–H and O–H groups in total. The molecule has 0 atom stereocenters. The molecule has 0 amide bonds. The molecule has 1 aromatic carbocycles. The van der Waals surface area contributed by atoms with E-state index < -0.39 is 5.82 Å². The average Bonchev–Trinajstić information content (AvgIpc) is 2.69. The first kappa shape index (κ1) is 11.7. The van der Waals surface area contributed by atoms with Gasteiger partial charge in [-0.15, -0.1) is 0 Å². The molecule has 4 nitrogen and oxygen atoms in total. The Hall–Kier alpha value is -1.75. The molecule has 1 aromatic heterocycles. The largest absolute Gasteiger partial charge is 0.493 e. The molecule has 1 heterocycles. The van der Waals surface area contributed by atoms with Crippen LogP contribution in [0.15, 0.2) is 16.8 Å². The van der Waals surface area contributed by atoms with Crippen molar-refractivity contribution in [3.8, 4) is 16.9 Å². The van der Waals surface area contributed by atoms with Crippen LogP contribution in [0, 0.1) is 12.7 Å². The first-order valence-corrected chi connectivity index (χ1v) is 5.17. The van der Waals surface area contributed by atoms with Crippen molar-refractivity contribution in [3.63, 3.8) is 0 Å². The smallest absolute Gasteiger partial charge is 0.230 e. The second-order valence-corrected chi connectivity index (χ2v) is 3.88. The summed E-state index contributed by atoms with van der Waals surface area (Å²) >= 11 is 5.93. The summed E-state index contributed by atoms with van der Waals surface area (Å²) in [4.78, 5) is 0. The number of hydrogen-bond acceptors (Lipinski definition) is 4. The molecule has 0 aliphatic carbocycles. The van der Waals surface area contributed by atoms with Gasteiger partial charge in [0.2, 0.25) is 5.88 Å². The Bertz CT molecular complexity index is 569. The maximum Gasteiger partial charge on any atom is 0.230 e. The van der Waals surface area contributed by atoms with Crippen molar-refractivity contribution in [2.75, 3.05) is 12.8 Å². The number of halogens is 2. The lowest BCUT2D eigenvalue weighted by molar-refractivity contribution is 0.388. The van der Waals surface area contributed by atoms with E-state index in [0.29, 0.717) is 21.7 Å². The van der Waals surface area contributed by atoms with Crippen LogP contribution in [-0.2, 0) is 0 Å². The van der Waals surface area contributed by atoms with E-state index in [2.05, 4.69) is 5.16 Å². The third kappa shape index (κ3) is 1.82. The van der Waals surface area contributed by atoms with E-state index in [1.54, 1.807) is 6.92 Å². The second kappa shape index (κ2) is 4.25.